The van der Waals surface area contributed by atoms with Crippen molar-refractivity contribution in [3.63, 3.8) is 0 Å². The summed E-state index contributed by atoms with van der Waals surface area (Å²) >= 11 is 0. The molecule has 1 rings (SSSR count). The Hall–Kier alpha value is -2.79. The minimum atomic E-state index is -0.348. The first kappa shape index (κ1) is 17.3. The maximum absolute atomic E-state index is 10.9. The standard InChI is InChI=1S/C20H20O2/c1-3-4-5-8-13-18-15-11-12-16-19(18)14-9-6-7-10-17-20(21)22-2/h3,5-6,10-17H,1,4,7H2,2H3. The Kier molecular flexibility index (Phi) is 8.58. The van der Waals surface area contributed by atoms with Crippen LogP contribution in [0.1, 0.15) is 24.0 Å². The van der Waals surface area contributed by atoms with Crippen LogP contribution in [-0.2, 0) is 9.53 Å². The fourth-order valence-electron chi connectivity index (χ4n) is 1.59. The number of ether oxygens (including phenoxy) is 1. The summed E-state index contributed by atoms with van der Waals surface area (Å²) in [6.45, 7) is 3.66. The lowest BCUT2D eigenvalue weighted by molar-refractivity contribution is -0.134. The van der Waals surface area contributed by atoms with Crippen molar-refractivity contribution < 1.29 is 9.53 Å². The fraction of sp³-hybridized carbons (Fsp3) is 0.150. The van der Waals surface area contributed by atoms with Crippen molar-refractivity contribution >= 4 is 18.1 Å². The number of benzene rings is 1. The van der Waals surface area contributed by atoms with Gasteiger partial charge >= 0.3 is 5.97 Å². The van der Waals surface area contributed by atoms with Crippen molar-refractivity contribution in [1.29, 1.82) is 0 Å². The lowest BCUT2D eigenvalue weighted by Crippen LogP contribution is -1.92. The van der Waals surface area contributed by atoms with Gasteiger partial charge in [-0.1, -0.05) is 36.4 Å². The third-order valence-corrected chi connectivity index (χ3v) is 2.70. The molecule has 0 saturated carbocycles. The summed E-state index contributed by atoms with van der Waals surface area (Å²) in [6.07, 6.45) is 14.0. The summed E-state index contributed by atoms with van der Waals surface area (Å²) in [5.74, 6) is -0.348. The third kappa shape index (κ3) is 7.12. The van der Waals surface area contributed by atoms with Crippen molar-refractivity contribution in [3.8, 4) is 0 Å². The molecule has 1 aromatic rings. The van der Waals surface area contributed by atoms with E-state index in [0.717, 1.165) is 17.5 Å². The maximum atomic E-state index is 10.9. The second-order valence-electron chi connectivity index (χ2n) is 4.34. The van der Waals surface area contributed by atoms with E-state index in [1.807, 2.05) is 54.6 Å². The van der Waals surface area contributed by atoms with Gasteiger partial charge in [-0.05, 0) is 48.3 Å². The predicted octanol–water partition coefficient (Wildman–Crippen LogP) is 4.72. The van der Waals surface area contributed by atoms with Crippen molar-refractivity contribution in [2.75, 3.05) is 7.11 Å². The summed E-state index contributed by atoms with van der Waals surface area (Å²) in [6, 6.07) is 8.02. The highest BCUT2D eigenvalue weighted by Gasteiger charge is 1.92. The van der Waals surface area contributed by atoms with Gasteiger partial charge < -0.3 is 4.74 Å². The molecule has 0 bridgehead atoms. The van der Waals surface area contributed by atoms with E-state index >= 15 is 0 Å². The van der Waals surface area contributed by atoms with Crippen LogP contribution in [-0.4, -0.2) is 13.1 Å². The first-order valence-electron chi connectivity index (χ1n) is 7.04. The molecule has 0 fully saturated rings. The molecule has 2 heteroatoms. The van der Waals surface area contributed by atoms with Crippen molar-refractivity contribution in [1.82, 2.24) is 0 Å². The molecule has 0 N–H and O–H groups in total. The van der Waals surface area contributed by atoms with Crippen LogP contribution >= 0.6 is 0 Å². The van der Waals surface area contributed by atoms with Crippen LogP contribution in [0, 0.1) is 0 Å². The monoisotopic (exact) mass is 292 g/mol. The number of esters is 1. The number of allylic oxidation sites excluding steroid dienone is 4. The van der Waals surface area contributed by atoms with Crippen LogP contribution in [0.5, 0.6) is 0 Å². The molecule has 0 unspecified atom stereocenters. The van der Waals surface area contributed by atoms with Gasteiger partial charge in [0.25, 0.3) is 0 Å². The van der Waals surface area contributed by atoms with Gasteiger partial charge in [-0.15, -0.1) is 18.0 Å². The molecule has 0 amide bonds. The zero-order valence-corrected chi connectivity index (χ0v) is 12.8. The summed E-state index contributed by atoms with van der Waals surface area (Å²) < 4.78 is 4.51. The lowest BCUT2D eigenvalue weighted by Gasteiger charge is -1.96. The highest BCUT2D eigenvalue weighted by Crippen LogP contribution is 2.11. The zero-order valence-electron chi connectivity index (χ0n) is 12.8. The second kappa shape index (κ2) is 10.9. The first-order chi connectivity index (χ1) is 10.8. The Balaban J connectivity index is 2.74. The summed E-state index contributed by atoms with van der Waals surface area (Å²) in [4.78, 5) is 10.9. The van der Waals surface area contributed by atoms with E-state index in [0.29, 0.717) is 6.42 Å². The van der Waals surface area contributed by atoms with Gasteiger partial charge in [-0.2, -0.15) is 0 Å². The molecule has 0 atom stereocenters. The van der Waals surface area contributed by atoms with E-state index in [-0.39, 0.29) is 5.97 Å². The normalized spacial score (nSPS) is 9.32. The van der Waals surface area contributed by atoms with Gasteiger partial charge in [0.2, 0.25) is 0 Å². The average Bonchev–Trinajstić information content (AvgIpc) is 2.55. The van der Waals surface area contributed by atoms with Crippen LogP contribution in [0.4, 0.5) is 0 Å². The summed E-state index contributed by atoms with van der Waals surface area (Å²) in [5, 5.41) is 0. The van der Waals surface area contributed by atoms with Crippen LogP contribution in [0.15, 0.2) is 72.7 Å². The van der Waals surface area contributed by atoms with Crippen LogP contribution in [0.25, 0.3) is 12.2 Å². The number of hydrogen-bond acceptors (Lipinski definition) is 2. The van der Waals surface area contributed by atoms with Crippen molar-refractivity contribution in [2.24, 2.45) is 0 Å². The molecule has 0 spiro atoms. The maximum Gasteiger partial charge on any atom is 0.330 e. The topological polar surface area (TPSA) is 26.3 Å². The number of carbonyl (C=O) groups excluding carboxylic acids is 1. The van der Waals surface area contributed by atoms with E-state index in [1.54, 1.807) is 6.08 Å². The number of methoxy groups -OCH3 is 1. The molecular formula is C20H20O2. The summed E-state index contributed by atoms with van der Waals surface area (Å²) in [7, 11) is 1.36. The molecule has 0 aliphatic rings. The zero-order chi connectivity index (χ0) is 16.0. The van der Waals surface area contributed by atoms with Crippen LogP contribution in [0.2, 0.25) is 0 Å². The molecule has 0 aromatic heterocycles. The highest BCUT2D eigenvalue weighted by atomic mass is 16.5. The number of rotatable bonds is 7. The van der Waals surface area contributed by atoms with E-state index in [2.05, 4.69) is 22.8 Å². The fourth-order valence-corrected chi connectivity index (χ4v) is 1.59. The predicted molar refractivity (Wildman–Crippen MR) is 92.1 cm³/mol. The second-order valence-corrected chi connectivity index (χ2v) is 4.34. The molecule has 112 valence electrons. The van der Waals surface area contributed by atoms with E-state index in [9.17, 15) is 4.79 Å². The average molecular weight is 292 g/mol. The van der Waals surface area contributed by atoms with Gasteiger partial charge in [0.15, 0.2) is 0 Å². The summed E-state index contributed by atoms with van der Waals surface area (Å²) in [5.41, 5.74) is 8.38. The van der Waals surface area contributed by atoms with Crippen LogP contribution in [0.3, 0.4) is 0 Å². The molecule has 0 radical (unpaired) electrons. The van der Waals surface area contributed by atoms with E-state index in [4.69, 9.17) is 0 Å². The Morgan fingerprint density at radius 2 is 1.73 bits per heavy atom. The van der Waals surface area contributed by atoms with Crippen LogP contribution < -0.4 is 0 Å². The van der Waals surface area contributed by atoms with Gasteiger partial charge in [-0.3, -0.25) is 0 Å². The molecular weight excluding hydrogens is 272 g/mol. The smallest absolute Gasteiger partial charge is 0.330 e. The van der Waals surface area contributed by atoms with Crippen molar-refractivity contribution in [2.45, 2.75) is 12.8 Å². The van der Waals surface area contributed by atoms with Gasteiger partial charge in [0, 0.05) is 6.08 Å². The Bertz CT molecular complexity index is 650. The highest BCUT2D eigenvalue weighted by molar-refractivity contribution is 5.81. The van der Waals surface area contributed by atoms with Gasteiger partial charge in [0.05, 0.1) is 7.11 Å². The van der Waals surface area contributed by atoms with Crippen molar-refractivity contribution in [3.05, 3.63) is 83.8 Å². The molecule has 22 heavy (non-hydrogen) atoms. The molecule has 1 aromatic carbocycles. The van der Waals surface area contributed by atoms with E-state index < -0.39 is 0 Å². The Morgan fingerprint density at radius 1 is 1.14 bits per heavy atom. The molecule has 0 saturated heterocycles. The minimum Gasteiger partial charge on any atom is -0.466 e. The largest absolute Gasteiger partial charge is 0.466 e. The molecule has 0 aliphatic carbocycles. The molecule has 0 heterocycles. The third-order valence-electron chi connectivity index (χ3n) is 2.70. The minimum absolute atomic E-state index is 0.348. The molecule has 0 aliphatic heterocycles. The quantitative estimate of drug-likeness (QED) is 0.314. The molecule has 2 nitrogen and oxygen atoms in total. The van der Waals surface area contributed by atoms with E-state index in [1.165, 1.54) is 13.2 Å². The first-order valence-corrected chi connectivity index (χ1v) is 7.04. The SMILES string of the molecule is C=CCC=C=Cc1ccccc1C=C=CCC=CC(=O)OC. The number of carbonyl (C=O) groups is 1. The lowest BCUT2D eigenvalue weighted by atomic mass is 10.1. The van der Waals surface area contributed by atoms with Gasteiger partial charge in [0.1, 0.15) is 0 Å². The Morgan fingerprint density at radius 3 is 2.27 bits per heavy atom. The Labute approximate surface area is 132 Å². The van der Waals surface area contributed by atoms with Gasteiger partial charge in [-0.25, -0.2) is 4.79 Å². The number of hydrogen-bond donors (Lipinski definition) is 0.